The van der Waals surface area contributed by atoms with Crippen molar-refractivity contribution in [2.45, 2.75) is 51.7 Å². The molecule has 0 bridgehead atoms. The minimum Gasteiger partial charge on any atom is -0.496 e. The zero-order valence-electron chi connectivity index (χ0n) is 23.9. The third kappa shape index (κ3) is 5.07. The largest absolute Gasteiger partial charge is 0.496 e. The number of rotatable bonds is 8. The number of para-hydroxylation sites is 1. The Bertz CT molecular complexity index is 1790. The Balaban J connectivity index is 1.66. The van der Waals surface area contributed by atoms with E-state index in [0.29, 0.717) is 57.4 Å². The van der Waals surface area contributed by atoms with E-state index in [9.17, 15) is 4.79 Å². The lowest BCUT2D eigenvalue weighted by Gasteiger charge is -2.32. The van der Waals surface area contributed by atoms with Gasteiger partial charge in [-0.05, 0) is 43.7 Å². The van der Waals surface area contributed by atoms with E-state index in [4.69, 9.17) is 40.5 Å². The molecule has 42 heavy (non-hydrogen) atoms. The molecule has 1 aromatic carbocycles. The summed E-state index contributed by atoms with van der Waals surface area (Å²) in [5.41, 5.74) is 2.15. The van der Waals surface area contributed by atoms with Gasteiger partial charge in [0.15, 0.2) is 11.2 Å². The van der Waals surface area contributed by atoms with E-state index in [1.165, 1.54) is 12.8 Å². The predicted molar refractivity (Wildman–Crippen MR) is 157 cm³/mol. The van der Waals surface area contributed by atoms with Crippen LogP contribution in [0.1, 0.15) is 50.9 Å². The Hall–Kier alpha value is -4.09. The molecule has 1 N–H and O–H groups in total. The van der Waals surface area contributed by atoms with Gasteiger partial charge in [-0.15, -0.1) is 0 Å². The van der Waals surface area contributed by atoms with E-state index in [1.54, 1.807) is 32.7 Å². The third-order valence-electron chi connectivity index (χ3n) is 8.27. The molecule has 1 aliphatic rings. The molecular weight excluding hydrogens is 558 g/mol. The molecule has 0 aliphatic heterocycles. The van der Waals surface area contributed by atoms with Crippen LogP contribution in [0.5, 0.6) is 5.75 Å². The second-order valence-corrected chi connectivity index (χ2v) is 11.4. The summed E-state index contributed by atoms with van der Waals surface area (Å²) in [6.07, 6.45) is 7.81. The SMILES string of the molecule is COc1ccccc1C(C)(OC)c1nc2nc(-c3noc(=O)[nH]3)nc(-c3cncc(Cl)c3)c2n1C[C@H]1CC[C@H](C)CC1. The molecule has 4 heterocycles. The number of H-pyrrole nitrogens is 1. The molecule has 1 unspecified atom stereocenters. The Morgan fingerprint density at radius 1 is 1.12 bits per heavy atom. The van der Waals surface area contributed by atoms with Crippen LogP contribution in [0.4, 0.5) is 0 Å². The topological polar surface area (TPSA) is 134 Å². The number of nitrogens with zero attached hydrogens (tertiary/aromatic N) is 6. The molecule has 0 amide bonds. The van der Waals surface area contributed by atoms with Crippen molar-refractivity contribution in [2.24, 2.45) is 11.8 Å². The summed E-state index contributed by atoms with van der Waals surface area (Å²) < 4.78 is 19.0. The Morgan fingerprint density at radius 3 is 2.60 bits per heavy atom. The normalized spacial score (nSPS) is 18.7. The number of nitrogens with one attached hydrogen (secondary N) is 1. The van der Waals surface area contributed by atoms with Gasteiger partial charge in [0.05, 0.1) is 12.1 Å². The average Bonchev–Trinajstić information content (AvgIpc) is 3.61. The molecule has 11 nitrogen and oxygen atoms in total. The van der Waals surface area contributed by atoms with Crippen LogP contribution in [0.2, 0.25) is 5.02 Å². The first-order valence-corrected chi connectivity index (χ1v) is 14.3. The minimum absolute atomic E-state index is 0.0923. The molecule has 6 rings (SSSR count). The summed E-state index contributed by atoms with van der Waals surface area (Å²) in [4.78, 5) is 33.4. The fourth-order valence-electron chi connectivity index (χ4n) is 5.88. The lowest BCUT2D eigenvalue weighted by molar-refractivity contribution is 0.0258. The van der Waals surface area contributed by atoms with Crippen molar-refractivity contribution in [1.29, 1.82) is 0 Å². The fraction of sp³-hybridized carbons (Fsp3) is 0.400. The monoisotopic (exact) mass is 589 g/mol. The first-order chi connectivity index (χ1) is 20.3. The van der Waals surface area contributed by atoms with Crippen molar-refractivity contribution in [3.8, 4) is 28.7 Å². The number of ether oxygens (including phenoxy) is 2. The molecule has 0 spiro atoms. The van der Waals surface area contributed by atoms with Crippen molar-refractivity contribution in [1.82, 2.24) is 34.6 Å². The average molecular weight is 590 g/mol. The first kappa shape index (κ1) is 28.0. The van der Waals surface area contributed by atoms with E-state index < -0.39 is 11.4 Å². The molecule has 4 aromatic heterocycles. The summed E-state index contributed by atoms with van der Waals surface area (Å²) in [6, 6.07) is 9.55. The highest BCUT2D eigenvalue weighted by atomic mass is 35.5. The molecule has 1 fully saturated rings. The molecule has 0 saturated heterocycles. The standard InChI is InChI=1S/C30H32ClN7O4/c1-17-9-11-18(12-10-17)16-38-24-23(19-13-20(31)15-32-14-19)33-26(27-36-29(39)42-37-27)34-25(24)35-28(38)30(2,41-4)21-7-5-6-8-22(21)40-3/h5-8,13-15,17-18H,9-12,16H2,1-4H3,(H,36,37,39)/t17-,18-,30?. The minimum atomic E-state index is -1.01. The Kier molecular flexibility index (Phi) is 7.54. The number of fused-ring (bicyclic) bond motifs is 1. The third-order valence-corrected chi connectivity index (χ3v) is 8.47. The van der Waals surface area contributed by atoms with Gasteiger partial charge in [0.2, 0.25) is 11.6 Å². The quantitative estimate of drug-likeness (QED) is 0.244. The molecule has 1 aliphatic carbocycles. The number of aromatic nitrogens is 7. The number of hydrogen-bond acceptors (Lipinski definition) is 9. The number of imidazole rings is 1. The van der Waals surface area contributed by atoms with Crippen LogP contribution < -0.4 is 10.5 Å². The molecule has 218 valence electrons. The van der Waals surface area contributed by atoms with Gasteiger partial charge in [-0.3, -0.25) is 14.5 Å². The highest BCUT2D eigenvalue weighted by Crippen LogP contribution is 2.42. The van der Waals surface area contributed by atoms with Crippen LogP contribution in [0.15, 0.2) is 52.0 Å². The zero-order valence-corrected chi connectivity index (χ0v) is 24.7. The maximum atomic E-state index is 11.8. The molecular formula is C30H32ClN7O4. The highest BCUT2D eigenvalue weighted by molar-refractivity contribution is 6.30. The van der Waals surface area contributed by atoms with Gasteiger partial charge in [-0.1, -0.05) is 54.7 Å². The second-order valence-electron chi connectivity index (χ2n) is 11.0. The molecule has 1 atom stereocenters. The van der Waals surface area contributed by atoms with Gasteiger partial charge < -0.3 is 14.0 Å². The second kappa shape index (κ2) is 11.3. The fourth-order valence-corrected chi connectivity index (χ4v) is 6.06. The van der Waals surface area contributed by atoms with Crippen LogP contribution in [-0.2, 0) is 16.9 Å². The zero-order chi connectivity index (χ0) is 29.4. The van der Waals surface area contributed by atoms with Crippen molar-refractivity contribution in [3.63, 3.8) is 0 Å². The van der Waals surface area contributed by atoms with Crippen molar-refractivity contribution < 1.29 is 14.0 Å². The molecule has 5 aromatic rings. The van der Waals surface area contributed by atoms with Crippen LogP contribution in [0.25, 0.3) is 34.1 Å². The summed E-state index contributed by atoms with van der Waals surface area (Å²) in [5.74, 6) is 2.00. The van der Waals surface area contributed by atoms with Crippen molar-refractivity contribution >= 4 is 22.8 Å². The number of methoxy groups -OCH3 is 2. The molecule has 1 saturated carbocycles. The smallest absolute Gasteiger partial charge is 0.439 e. The van der Waals surface area contributed by atoms with Gasteiger partial charge in [-0.2, -0.15) is 0 Å². The van der Waals surface area contributed by atoms with E-state index in [-0.39, 0.29) is 11.6 Å². The van der Waals surface area contributed by atoms with Gasteiger partial charge in [0.25, 0.3) is 0 Å². The number of aromatic amines is 1. The lowest BCUT2D eigenvalue weighted by atomic mass is 9.83. The first-order valence-electron chi connectivity index (χ1n) is 14.0. The summed E-state index contributed by atoms with van der Waals surface area (Å²) in [7, 11) is 3.30. The lowest BCUT2D eigenvalue weighted by Crippen LogP contribution is -2.32. The molecule has 12 heteroatoms. The van der Waals surface area contributed by atoms with Crippen LogP contribution in [0, 0.1) is 11.8 Å². The van der Waals surface area contributed by atoms with E-state index in [2.05, 4.69) is 26.6 Å². The van der Waals surface area contributed by atoms with E-state index in [0.717, 1.165) is 18.4 Å². The van der Waals surface area contributed by atoms with E-state index in [1.807, 2.05) is 31.2 Å². The number of benzene rings is 1. The predicted octanol–water partition coefficient (Wildman–Crippen LogP) is 5.63. The van der Waals surface area contributed by atoms with Gasteiger partial charge in [-0.25, -0.2) is 19.7 Å². The van der Waals surface area contributed by atoms with E-state index >= 15 is 0 Å². The van der Waals surface area contributed by atoms with Gasteiger partial charge >= 0.3 is 5.76 Å². The summed E-state index contributed by atoms with van der Waals surface area (Å²) >= 11 is 6.39. The maximum Gasteiger partial charge on any atom is 0.439 e. The summed E-state index contributed by atoms with van der Waals surface area (Å²) in [5, 5.41) is 4.28. The Labute approximate surface area is 247 Å². The van der Waals surface area contributed by atoms with Crippen molar-refractivity contribution in [3.05, 3.63) is 69.7 Å². The Morgan fingerprint density at radius 2 is 1.90 bits per heavy atom. The van der Waals surface area contributed by atoms with Crippen LogP contribution in [-0.4, -0.2) is 48.9 Å². The maximum absolute atomic E-state index is 11.8. The van der Waals surface area contributed by atoms with Crippen LogP contribution >= 0.6 is 11.6 Å². The van der Waals surface area contributed by atoms with Gasteiger partial charge in [0.1, 0.15) is 22.8 Å². The van der Waals surface area contributed by atoms with Crippen molar-refractivity contribution in [2.75, 3.05) is 14.2 Å². The summed E-state index contributed by atoms with van der Waals surface area (Å²) in [6.45, 7) is 4.98. The number of pyridine rings is 1. The van der Waals surface area contributed by atoms with Crippen LogP contribution in [0.3, 0.4) is 0 Å². The number of hydrogen-bond donors (Lipinski definition) is 1. The molecule has 0 radical (unpaired) electrons. The number of halogens is 1. The highest BCUT2D eigenvalue weighted by Gasteiger charge is 2.39. The van der Waals surface area contributed by atoms with Gasteiger partial charge in [0, 0.05) is 37.2 Å².